The minimum Gasteiger partial charge on any atom is -0.478 e. The first-order valence-electron chi connectivity index (χ1n) is 6.46. The van der Waals surface area contributed by atoms with E-state index in [0.29, 0.717) is 16.9 Å². The van der Waals surface area contributed by atoms with Crippen molar-refractivity contribution >= 4 is 28.4 Å². The van der Waals surface area contributed by atoms with E-state index in [-0.39, 0.29) is 0 Å². The second-order valence-electron chi connectivity index (χ2n) is 4.70. The van der Waals surface area contributed by atoms with Crippen LogP contribution in [0.25, 0.3) is 10.9 Å². The number of anilines is 2. The van der Waals surface area contributed by atoms with Crippen molar-refractivity contribution in [1.29, 1.82) is 0 Å². The van der Waals surface area contributed by atoms with Crippen molar-refractivity contribution in [2.75, 3.05) is 5.32 Å². The zero-order chi connectivity index (χ0) is 14.8. The van der Waals surface area contributed by atoms with Gasteiger partial charge in [0, 0.05) is 11.1 Å². The Kier molecular flexibility index (Phi) is 3.23. The van der Waals surface area contributed by atoms with E-state index in [0.717, 1.165) is 16.6 Å². The maximum atomic E-state index is 11.0. The molecule has 0 saturated heterocycles. The molecule has 0 atom stereocenters. The van der Waals surface area contributed by atoms with Gasteiger partial charge in [-0.3, -0.25) is 0 Å². The monoisotopic (exact) mass is 279 g/mol. The van der Waals surface area contributed by atoms with Crippen LogP contribution in [0.5, 0.6) is 0 Å². The van der Waals surface area contributed by atoms with Crippen LogP contribution in [-0.4, -0.2) is 21.0 Å². The first-order valence-corrected chi connectivity index (χ1v) is 6.46. The van der Waals surface area contributed by atoms with Crippen LogP contribution in [-0.2, 0) is 0 Å². The van der Waals surface area contributed by atoms with Gasteiger partial charge < -0.3 is 10.4 Å². The van der Waals surface area contributed by atoms with Crippen LogP contribution in [0.1, 0.15) is 15.9 Å². The van der Waals surface area contributed by atoms with Crippen molar-refractivity contribution < 1.29 is 9.90 Å². The van der Waals surface area contributed by atoms with E-state index < -0.39 is 5.97 Å². The molecule has 2 aromatic carbocycles. The Morgan fingerprint density at radius 2 is 1.95 bits per heavy atom. The van der Waals surface area contributed by atoms with Crippen molar-refractivity contribution in [3.8, 4) is 0 Å². The Balaban J connectivity index is 1.99. The lowest BCUT2D eigenvalue weighted by molar-refractivity contribution is 0.0696. The number of carboxylic acid groups (broad SMARTS) is 1. The molecule has 0 fully saturated rings. The summed E-state index contributed by atoms with van der Waals surface area (Å²) in [6, 6.07) is 12.8. The molecule has 5 heteroatoms. The van der Waals surface area contributed by atoms with Gasteiger partial charge in [-0.15, -0.1) is 0 Å². The number of hydrogen-bond acceptors (Lipinski definition) is 4. The van der Waals surface area contributed by atoms with E-state index in [1.807, 2.05) is 24.3 Å². The third-order valence-corrected chi connectivity index (χ3v) is 3.26. The molecular formula is C16H13N3O2. The smallest absolute Gasteiger partial charge is 0.335 e. The van der Waals surface area contributed by atoms with Gasteiger partial charge in [0.05, 0.1) is 11.1 Å². The zero-order valence-corrected chi connectivity index (χ0v) is 11.4. The van der Waals surface area contributed by atoms with Crippen molar-refractivity contribution in [3.63, 3.8) is 0 Å². The highest BCUT2D eigenvalue weighted by Crippen LogP contribution is 2.24. The van der Waals surface area contributed by atoms with Gasteiger partial charge in [-0.25, -0.2) is 14.8 Å². The highest BCUT2D eigenvalue weighted by atomic mass is 16.4. The Hall–Kier alpha value is -2.95. The van der Waals surface area contributed by atoms with E-state index in [1.165, 1.54) is 6.33 Å². The number of carboxylic acids is 1. The summed E-state index contributed by atoms with van der Waals surface area (Å²) < 4.78 is 0. The van der Waals surface area contributed by atoms with Crippen LogP contribution >= 0.6 is 0 Å². The summed E-state index contributed by atoms with van der Waals surface area (Å²) >= 11 is 0. The van der Waals surface area contributed by atoms with Crippen LogP contribution in [0.15, 0.2) is 48.8 Å². The molecule has 3 rings (SSSR count). The fourth-order valence-electron chi connectivity index (χ4n) is 2.22. The fourth-order valence-corrected chi connectivity index (χ4v) is 2.22. The van der Waals surface area contributed by atoms with E-state index in [9.17, 15) is 4.79 Å². The predicted molar refractivity (Wildman–Crippen MR) is 81.0 cm³/mol. The molecule has 0 aliphatic carbocycles. The lowest BCUT2D eigenvalue weighted by Crippen LogP contribution is -2.01. The summed E-state index contributed by atoms with van der Waals surface area (Å²) in [5, 5.41) is 13.2. The maximum absolute atomic E-state index is 11.0. The van der Waals surface area contributed by atoms with Gasteiger partial charge in [0.2, 0.25) is 0 Å². The van der Waals surface area contributed by atoms with Crippen LogP contribution < -0.4 is 5.32 Å². The lowest BCUT2D eigenvalue weighted by atomic mass is 10.1. The summed E-state index contributed by atoms with van der Waals surface area (Å²) in [7, 11) is 0. The number of carbonyl (C=O) groups is 1. The summed E-state index contributed by atoms with van der Waals surface area (Å²) in [4.78, 5) is 19.5. The fraction of sp³-hybridized carbons (Fsp3) is 0.0625. The molecule has 0 aliphatic heterocycles. The number of aromatic carboxylic acids is 1. The summed E-state index contributed by atoms with van der Waals surface area (Å²) in [5.41, 5.74) is 2.65. The molecule has 104 valence electrons. The van der Waals surface area contributed by atoms with Gasteiger partial charge in [0.25, 0.3) is 0 Å². The predicted octanol–water partition coefficient (Wildman–Crippen LogP) is 3.38. The van der Waals surface area contributed by atoms with Crippen LogP contribution in [0.2, 0.25) is 0 Å². The van der Waals surface area contributed by atoms with Crippen molar-refractivity contribution in [2.45, 2.75) is 6.92 Å². The van der Waals surface area contributed by atoms with Gasteiger partial charge in [-0.2, -0.15) is 0 Å². The number of aromatic nitrogens is 2. The summed E-state index contributed by atoms with van der Waals surface area (Å²) in [6.07, 6.45) is 1.50. The molecule has 0 aliphatic rings. The molecule has 0 saturated carbocycles. The molecule has 21 heavy (non-hydrogen) atoms. The average molecular weight is 279 g/mol. The first-order chi connectivity index (χ1) is 10.1. The molecule has 5 nitrogen and oxygen atoms in total. The van der Waals surface area contributed by atoms with Gasteiger partial charge in [0.15, 0.2) is 0 Å². The van der Waals surface area contributed by atoms with Gasteiger partial charge >= 0.3 is 5.97 Å². The minimum atomic E-state index is -0.925. The van der Waals surface area contributed by atoms with E-state index in [4.69, 9.17) is 5.11 Å². The third kappa shape index (κ3) is 2.53. The molecule has 1 heterocycles. The second kappa shape index (κ2) is 5.20. The third-order valence-electron chi connectivity index (χ3n) is 3.26. The molecule has 0 radical (unpaired) electrons. The molecule has 2 N–H and O–H groups in total. The summed E-state index contributed by atoms with van der Waals surface area (Å²) in [5.74, 6) is -0.227. The normalized spacial score (nSPS) is 10.5. The SMILES string of the molecule is Cc1cc(Nc2ncnc3ccccc23)ccc1C(=O)O. The lowest BCUT2D eigenvalue weighted by Gasteiger charge is -2.10. The average Bonchev–Trinajstić information content (AvgIpc) is 2.47. The Morgan fingerprint density at radius 3 is 2.71 bits per heavy atom. The van der Waals surface area contributed by atoms with E-state index in [1.54, 1.807) is 25.1 Å². The highest BCUT2D eigenvalue weighted by molar-refractivity contribution is 5.92. The van der Waals surface area contributed by atoms with Gasteiger partial charge in [-0.05, 0) is 42.8 Å². The molecule has 0 spiro atoms. The Labute approximate surface area is 121 Å². The Morgan fingerprint density at radius 1 is 1.14 bits per heavy atom. The van der Waals surface area contributed by atoms with Gasteiger partial charge in [-0.1, -0.05) is 12.1 Å². The number of nitrogens with zero attached hydrogens (tertiary/aromatic N) is 2. The Bertz CT molecular complexity index is 825. The number of aryl methyl sites for hydroxylation is 1. The van der Waals surface area contributed by atoms with E-state index >= 15 is 0 Å². The quantitative estimate of drug-likeness (QED) is 0.768. The highest BCUT2D eigenvalue weighted by Gasteiger charge is 2.08. The zero-order valence-electron chi connectivity index (χ0n) is 11.4. The standard InChI is InChI=1S/C16H13N3O2/c1-10-8-11(6-7-12(10)16(20)21)19-15-13-4-2-3-5-14(13)17-9-18-15/h2-9H,1H3,(H,20,21)(H,17,18,19). The number of fused-ring (bicyclic) bond motifs is 1. The van der Waals surface area contributed by atoms with Crippen molar-refractivity contribution in [2.24, 2.45) is 0 Å². The maximum Gasteiger partial charge on any atom is 0.335 e. The molecule has 1 aromatic heterocycles. The number of para-hydroxylation sites is 1. The van der Waals surface area contributed by atoms with E-state index in [2.05, 4.69) is 15.3 Å². The topological polar surface area (TPSA) is 75.1 Å². The summed E-state index contributed by atoms with van der Waals surface area (Å²) in [6.45, 7) is 1.77. The largest absolute Gasteiger partial charge is 0.478 e. The number of benzene rings is 2. The molecular weight excluding hydrogens is 266 g/mol. The number of hydrogen-bond donors (Lipinski definition) is 2. The first kappa shape index (κ1) is 13.1. The second-order valence-corrected chi connectivity index (χ2v) is 4.70. The van der Waals surface area contributed by atoms with Crippen LogP contribution in [0.3, 0.4) is 0 Å². The minimum absolute atomic E-state index is 0.299. The van der Waals surface area contributed by atoms with Crippen molar-refractivity contribution in [1.82, 2.24) is 9.97 Å². The molecule has 0 amide bonds. The molecule has 3 aromatic rings. The molecule has 0 bridgehead atoms. The number of rotatable bonds is 3. The van der Waals surface area contributed by atoms with Crippen LogP contribution in [0.4, 0.5) is 11.5 Å². The number of nitrogens with one attached hydrogen (secondary N) is 1. The van der Waals surface area contributed by atoms with Crippen molar-refractivity contribution in [3.05, 3.63) is 59.9 Å². The van der Waals surface area contributed by atoms with Crippen LogP contribution in [0, 0.1) is 6.92 Å². The molecule has 0 unspecified atom stereocenters. The van der Waals surface area contributed by atoms with Gasteiger partial charge in [0.1, 0.15) is 12.1 Å².